The second kappa shape index (κ2) is 9.90. The van der Waals surface area contributed by atoms with Crippen LogP contribution in [0.25, 0.3) is 0 Å². The predicted octanol–water partition coefficient (Wildman–Crippen LogP) is 4.29. The zero-order valence-corrected chi connectivity index (χ0v) is 16.0. The molecule has 0 unspecified atom stereocenters. The van der Waals surface area contributed by atoms with Gasteiger partial charge in [0.1, 0.15) is 4.60 Å². The van der Waals surface area contributed by atoms with Crippen LogP contribution in [0.4, 0.5) is 5.69 Å². The van der Waals surface area contributed by atoms with Crippen molar-refractivity contribution in [3.8, 4) is 0 Å². The molecule has 25 heavy (non-hydrogen) atoms. The Labute approximate surface area is 158 Å². The molecule has 0 N–H and O–H groups in total. The Morgan fingerprint density at radius 2 is 1.80 bits per heavy atom. The second-order valence-electron chi connectivity index (χ2n) is 6.38. The van der Waals surface area contributed by atoms with Crippen LogP contribution in [0.15, 0.2) is 53.3 Å². The summed E-state index contributed by atoms with van der Waals surface area (Å²) in [5.41, 5.74) is 2.45. The minimum atomic E-state index is 0.649. The Morgan fingerprint density at radius 1 is 1.04 bits per heavy atom. The molecule has 1 fully saturated rings. The molecule has 1 aromatic heterocycles. The van der Waals surface area contributed by atoms with E-state index in [-0.39, 0.29) is 0 Å². The highest BCUT2D eigenvalue weighted by molar-refractivity contribution is 9.10. The number of benzene rings is 1. The number of ether oxygens (including phenoxy) is 2. The van der Waals surface area contributed by atoms with Gasteiger partial charge in [-0.25, -0.2) is 4.98 Å². The maximum absolute atomic E-state index is 5.81. The lowest BCUT2D eigenvalue weighted by Gasteiger charge is -2.33. The lowest BCUT2D eigenvalue weighted by atomic mass is 9.97. The average Bonchev–Trinajstić information content (AvgIpc) is 2.66. The molecule has 0 amide bonds. The summed E-state index contributed by atoms with van der Waals surface area (Å²) in [6, 6.07) is 14.4. The molecular weight excluding hydrogens is 380 g/mol. The van der Waals surface area contributed by atoms with Crippen LogP contribution in [-0.2, 0) is 16.1 Å². The van der Waals surface area contributed by atoms with Gasteiger partial charge in [0.15, 0.2) is 0 Å². The standard InChI is InChI=1S/C20H25BrN2O2/c21-20-14-19(6-9-22-20)23-10-7-18(8-11-23)16-25-13-12-24-15-17-4-2-1-3-5-17/h1-6,9,14,18H,7-8,10-13,15-16H2. The molecule has 0 atom stereocenters. The summed E-state index contributed by atoms with van der Waals surface area (Å²) in [7, 11) is 0. The van der Waals surface area contributed by atoms with Gasteiger partial charge in [-0.3, -0.25) is 0 Å². The third-order valence-corrected chi connectivity index (χ3v) is 4.96. The number of rotatable bonds is 8. The fraction of sp³-hybridized carbons (Fsp3) is 0.450. The second-order valence-corrected chi connectivity index (χ2v) is 7.19. The van der Waals surface area contributed by atoms with Gasteiger partial charge in [-0.15, -0.1) is 0 Å². The Morgan fingerprint density at radius 3 is 2.56 bits per heavy atom. The first-order chi connectivity index (χ1) is 12.3. The van der Waals surface area contributed by atoms with Gasteiger partial charge in [0.05, 0.1) is 19.8 Å². The number of nitrogens with zero attached hydrogens (tertiary/aromatic N) is 2. The van der Waals surface area contributed by atoms with Crippen LogP contribution in [0.2, 0.25) is 0 Å². The van der Waals surface area contributed by atoms with E-state index in [9.17, 15) is 0 Å². The molecule has 0 aliphatic carbocycles. The van der Waals surface area contributed by atoms with Crippen LogP contribution in [-0.4, -0.2) is 37.9 Å². The van der Waals surface area contributed by atoms with E-state index in [0.29, 0.717) is 25.7 Å². The van der Waals surface area contributed by atoms with Crippen LogP contribution in [0, 0.1) is 5.92 Å². The van der Waals surface area contributed by atoms with Gasteiger partial charge >= 0.3 is 0 Å². The van der Waals surface area contributed by atoms with Crippen LogP contribution in [0.5, 0.6) is 0 Å². The van der Waals surface area contributed by atoms with Crippen LogP contribution >= 0.6 is 15.9 Å². The normalized spacial score (nSPS) is 15.5. The maximum atomic E-state index is 5.81. The van der Waals surface area contributed by atoms with E-state index in [1.54, 1.807) is 0 Å². The molecule has 1 aliphatic heterocycles. The van der Waals surface area contributed by atoms with Crippen LogP contribution in [0.1, 0.15) is 18.4 Å². The van der Waals surface area contributed by atoms with E-state index in [1.165, 1.54) is 24.1 Å². The first-order valence-corrected chi connectivity index (χ1v) is 9.66. The van der Waals surface area contributed by atoms with Crippen molar-refractivity contribution in [1.82, 2.24) is 4.98 Å². The van der Waals surface area contributed by atoms with Crippen molar-refractivity contribution in [2.24, 2.45) is 5.92 Å². The summed E-state index contributed by atoms with van der Waals surface area (Å²) in [6.45, 7) is 4.97. The summed E-state index contributed by atoms with van der Waals surface area (Å²) in [5.74, 6) is 0.649. The van der Waals surface area contributed by atoms with E-state index >= 15 is 0 Å². The molecule has 1 aromatic carbocycles. The summed E-state index contributed by atoms with van der Waals surface area (Å²) in [5, 5.41) is 0. The number of anilines is 1. The zero-order chi connectivity index (χ0) is 17.3. The first kappa shape index (κ1) is 18.4. The van der Waals surface area contributed by atoms with E-state index in [0.717, 1.165) is 24.3 Å². The first-order valence-electron chi connectivity index (χ1n) is 8.87. The number of halogens is 1. The Hall–Kier alpha value is -1.43. The highest BCUT2D eigenvalue weighted by Crippen LogP contribution is 2.24. The smallest absolute Gasteiger partial charge is 0.108 e. The number of hydrogen-bond donors (Lipinski definition) is 0. The highest BCUT2D eigenvalue weighted by atomic mass is 79.9. The molecule has 1 saturated heterocycles. The molecule has 0 radical (unpaired) electrons. The average molecular weight is 405 g/mol. The van der Waals surface area contributed by atoms with Gasteiger partial charge in [0.25, 0.3) is 0 Å². The number of aromatic nitrogens is 1. The van der Waals surface area contributed by atoms with Gasteiger partial charge in [0, 0.05) is 31.6 Å². The summed E-state index contributed by atoms with van der Waals surface area (Å²) >= 11 is 3.44. The number of pyridine rings is 1. The molecule has 0 bridgehead atoms. The van der Waals surface area contributed by atoms with Gasteiger partial charge in [-0.2, -0.15) is 0 Å². The molecule has 134 valence electrons. The molecule has 0 spiro atoms. The summed E-state index contributed by atoms with van der Waals surface area (Å²) in [4.78, 5) is 6.61. The molecule has 5 heteroatoms. The van der Waals surface area contributed by atoms with E-state index in [2.05, 4.69) is 50.1 Å². The molecule has 1 aliphatic rings. The third-order valence-electron chi connectivity index (χ3n) is 4.53. The topological polar surface area (TPSA) is 34.6 Å². The van der Waals surface area contributed by atoms with Crippen molar-refractivity contribution in [1.29, 1.82) is 0 Å². The Bertz CT molecular complexity index is 631. The van der Waals surface area contributed by atoms with Crippen molar-refractivity contribution in [3.63, 3.8) is 0 Å². The SMILES string of the molecule is Brc1cc(N2CCC(COCCOCc3ccccc3)CC2)ccn1. The largest absolute Gasteiger partial charge is 0.379 e. The van der Waals surface area contributed by atoms with E-state index in [1.807, 2.05) is 24.4 Å². The molecule has 2 aromatic rings. The van der Waals surface area contributed by atoms with Crippen molar-refractivity contribution < 1.29 is 9.47 Å². The van der Waals surface area contributed by atoms with Crippen molar-refractivity contribution in [2.45, 2.75) is 19.4 Å². The van der Waals surface area contributed by atoms with E-state index in [4.69, 9.17) is 9.47 Å². The molecule has 2 heterocycles. The lowest BCUT2D eigenvalue weighted by Crippen LogP contribution is -2.35. The number of piperidine rings is 1. The van der Waals surface area contributed by atoms with Crippen molar-refractivity contribution in [2.75, 3.05) is 37.8 Å². The number of hydrogen-bond acceptors (Lipinski definition) is 4. The fourth-order valence-electron chi connectivity index (χ4n) is 3.08. The fourth-order valence-corrected chi connectivity index (χ4v) is 3.43. The zero-order valence-electron chi connectivity index (χ0n) is 14.4. The highest BCUT2D eigenvalue weighted by Gasteiger charge is 2.19. The molecule has 0 saturated carbocycles. The van der Waals surface area contributed by atoms with Crippen LogP contribution < -0.4 is 4.90 Å². The van der Waals surface area contributed by atoms with Gasteiger partial charge in [-0.05, 0) is 52.4 Å². The Balaban J connectivity index is 1.27. The maximum Gasteiger partial charge on any atom is 0.108 e. The predicted molar refractivity (Wildman–Crippen MR) is 104 cm³/mol. The monoisotopic (exact) mass is 404 g/mol. The molecule has 3 rings (SSSR count). The third kappa shape index (κ3) is 6.10. The van der Waals surface area contributed by atoms with E-state index < -0.39 is 0 Å². The molecular formula is C20H25BrN2O2. The lowest BCUT2D eigenvalue weighted by molar-refractivity contribution is 0.0242. The van der Waals surface area contributed by atoms with Gasteiger partial charge in [-0.1, -0.05) is 30.3 Å². The summed E-state index contributed by atoms with van der Waals surface area (Å²) < 4.78 is 12.4. The minimum Gasteiger partial charge on any atom is -0.379 e. The summed E-state index contributed by atoms with van der Waals surface area (Å²) in [6.07, 6.45) is 4.19. The quantitative estimate of drug-likeness (QED) is 0.485. The molecule has 4 nitrogen and oxygen atoms in total. The van der Waals surface area contributed by atoms with Gasteiger partial charge < -0.3 is 14.4 Å². The minimum absolute atomic E-state index is 0.649. The van der Waals surface area contributed by atoms with Crippen molar-refractivity contribution in [3.05, 3.63) is 58.8 Å². The Kier molecular flexibility index (Phi) is 7.27. The van der Waals surface area contributed by atoms with Gasteiger partial charge in [0.2, 0.25) is 0 Å². The van der Waals surface area contributed by atoms with Crippen molar-refractivity contribution >= 4 is 21.6 Å². The van der Waals surface area contributed by atoms with Crippen LogP contribution in [0.3, 0.4) is 0 Å².